The highest BCUT2D eigenvalue weighted by Gasteiger charge is 2.13. The molecule has 1 amide bonds. The second kappa shape index (κ2) is 7.05. The van der Waals surface area contributed by atoms with Crippen LogP contribution in [0.3, 0.4) is 0 Å². The van der Waals surface area contributed by atoms with E-state index in [0.29, 0.717) is 25.9 Å². The van der Waals surface area contributed by atoms with E-state index in [1.54, 1.807) is 23.6 Å². The van der Waals surface area contributed by atoms with Gasteiger partial charge in [-0.25, -0.2) is 0 Å². The van der Waals surface area contributed by atoms with Crippen molar-refractivity contribution in [3.8, 4) is 0 Å². The van der Waals surface area contributed by atoms with E-state index < -0.39 is 0 Å². The predicted molar refractivity (Wildman–Crippen MR) is 81.5 cm³/mol. The van der Waals surface area contributed by atoms with Gasteiger partial charge in [-0.3, -0.25) is 9.48 Å². The van der Waals surface area contributed by atoms with Crippen molar-refractivity contribution in [1.29, 1.82) is 0 Å². The van der Waals surface area contributed by atoms with Crippen molar-refractivity contribution in [1.82, 2.24) is 14.7 Å². The van der Waals surface area contributed by atoms with Gasteiger partial charge in [0.25, 0.3) is 0 Å². The normalized spacial score (nSPS) is 10.4. The second-order valence-electron chi connectivity index (χ2n) is 4.64. The Morgan fingerprint density at radius 2 is 2.40 bits per heavy atom. The number of aromatic nitrogens is 2. The Balaban J connectivity index is 1.93. The highest BCUT2D eigenvalue weighted by Crippen LogP contribution is 2.11. The quantitative estimate of drug-likeness (QED) is 0.735. The summed E-state index contributed by atoms with van der Waals surface area (Å²) in [4.78, 5) is 14.2. The first-order valence-electron chi connectivity index (χ1n) is 6.57. The van der Waals surface area contributed by atoms with Crippen LogP contribution in [0.15, 0.2) is 41.7 Å². The first-order valence-corrected chi connectivity index (χ1v) is 7.51. The van der Waals surface area contributed by atoms with Gasteiger partial charge in [-0.15, -0.1) is 6.58 Å². The minimum absolute atomic E-state index is 0.150. The fraction of sp³-hybridized carbons (Fsp3) is 0.333. The number of carbonyl (C=O) groups is 1. The molecule has 0 saturated carbocycles. The molecule has 0 spiro atoms. The van der Waals surface area contributed by atoms with Gasteiger partial charge in [0.05, 0.1) is 0 Å². The molecule has 0 aromatic carbocycles. The highest BCUT2D eigenvalue weighted by molar-refractivity contribution is 7.07. The smallest absolute Gasteiger partial charge is 0.223 e. The third-order valence-electron chi connectivity index (χ3n) is 3.17. The number of nitrogens with zero attached hydrogens (tertiary/aromatic N) is 3. The maximum Gasteiger partial charge on any atom is 0.223 e. The van der Waals surface area contributed by atoms with Crippen molar-refractivity contribution in [2.45, 2.75) is 19.4 Å². The Hall–Kier alpha value is -1.88. The zero-order chi connectivity index (χ0) is 14.4. The van der Waals surface area contributed by atoms with Crippen LogP contribution in [0.25, 0.3) is 0 Å². The molecule has 0 saturated heterocycles. The van der Waals surface area contributed by atoms with Crippen LogP contribution in [0.4, 0.5) is 0 Å². The van der Waals surface area contributed by atoms with Crippen LogP contribution in [0.1, 0.15) is 17.7 Å². The van der Waals surface area contributed by atoms with Gasteiger partial charge in [0.15, 0.2) is 0 Å². The molecule has 0 N–H and O–H groups in total. The summed E-state index contributed by atoms with van der Waals surface area (Å²) in [6.45, 7) is 4.97. The molecule has 4 nitrogen and oxygen atoms in total. The molecular weight excluding hydrogens is 270 g/mol. The maximum atomic E-state index is 12.3. The Kier molecular flexibility index (Phi) is 5.12. The summed E-state index contributed by atoms with van der Waals surface area (Å²) < 4.78 is 1.81. The molecule has 0 aliphatic rings. The van der Waals surface area contributed by atoms with Crippen LogP contribution in [0.2, 0.25) is 0 Å². The lowest BCUT2D eigenvalue weighted by atomic mass is 10.2. The molecule has 0 aliphatic heterocycles. The number of hydrogen-bond acceptors (Lipinski definition) is 3. The second-order valence-corrected chi connectivity index (χ2v) is 5.42. The van der Waals surface area contributed by atoms with Crippen molar-refractivity contribution in [2.24, 2.45) is 7.05 Å². The summed E-state index contributed by atoms with van der Waals surface area (Å²) in [5.41, 5.74) is 2.25. The molecule has 0 radical (unpaired) electrons. The molecule has 0 atom stereocenters. The van der Waals surface area contributed by atoms with Gasteiger partial charge in [-0.1, -0.05) is 6.08 Å². The zero-order valence-electron chi connectivity index (χ0n) is 11.7. The summed E-state index contributed by atoms with van der Waals surface area (Å²) in [7, 11) is 1.90. The highest BCUT2D eigenvalue weighted by atomic mass is 32.1. The number of carbonyl (C=O) groups excluding carboxylic acids is 1. The summed E-state index contributed by atoms with van der Waals surface area (Å²) in [6, 6.07) is 4.00. The third kappa shape index (κ3) is 3.81. The zero-order valence-corrected chi connectivity index (χ0v) is 12.5. The SMILES string of the molecule is C=CCN(Cc1ccsc1)C(=O)CCc1ccnn1C. The van der Waals surface area contributed by atoms with Crippen molar-refractivity contribution >= 4 is 17.2 Å². The lowest BCUT2D eigenvalue weighted by Crippen LogP contribution is -2.30. The fourth-order valence-electron chi connectivity index (χ4n) is 2.05. The average molecular weight is 289 g/mol. The van der Waals surface area contributed by atoms with Crippen molar-refractivity contribution in [3.63, 3.8) is 0 Å². The van der Waals surface area contributed by atoms with Gasteiger partial charge >= 0.3 is 0 Å². The van der Waals surface area contributed by atoms with Gasteiger partial charge < -0.3 is 4.90 Å². The predicted octanol–water partition coefficient (Wildman–Crippen LogP) is 2.63. The number of thiophene rings is 1. The Morgan fingerprint density at radius 3 is 3.00 bits per heavy atom. The molecule has 20 heavy (non-hydrogen) atoms. The molecular formula is C15H19N3OS. The van der Waals surface area contributed by atoms with E-state index in [-0.39, 0.29) is 5.91 Å². The van der Waals surface area contributed by atoms with Crippen LogP contribution in [0, 0.1) is 0 Å². The van der Waals surface area contributed by atoms with Gasteiger partial charge in [0, 0.05) is 38.4 Å². The Morgan fingerprint density at radius 1 is 1.55 bits per heavy atom. The van der Waals surface area contributed by atoms with E-state index >= 15 is 0 Å². The molecule has 0 fully saturated rings. The van der Waals surface area contributed by atoms with Crippen LogP contribution < -0.4 is 0 Å². The van der Waals surface area contributed by atoms with E-state index in [2.05, 4.69) is 23.1 Å². The van der Waals surface area contributed by atoms with Gasteiger partial charge in [-0.2, -0.15) is 16.4 Å². The molecule has 2 aromatic rings. The minimum Gasteiger partial charge on any atom is -0.335 e. The monoisotopic (exact) mass is 289 g/mol. The lowest BCUT2D eigenvalue weighted by molar-refractivity contribution is -0.131. The first-order chi connectivity index (χ1) is 9.70. The van der Waals surface area contributed by atoms with Crippen molar-refractivity contribution in [3.05, 3.63) is 53.0 Å². The molecule has 2 rings (SSSR count). The fourth-order valence-corrected chi connectivity index (χ4v) is 2.71. The Bertz CT molecular complexity index is 559. The van der Waals surface area contributed by atoms with E-state index in [9.17, 15) is 4.79 Å². The van der Waals surface area contributed by atoms with E-state index in [1.165, 1.54) is 5.56 Å². The van der Waals surface area contributed by atoms with Gasteiger partial charge in [0.1, 0.15) is 0 Å². The van der Waals surface area contributed by atoms with Crippen molar-refractivity contribution in [2.75, 3.05) is 6.54 Å². The summed E-state index contributed by atoms with van der Waals surface area (Å²) >= 11 is 1.65. The molecule has 5 heteroatoms. The third-order valence-corrected chi connectivity index (χ3v) is 3.91. The standard InChI is InChI=1S/C15H19N3OS/c1-3-9-18(11-13-7-10-20-12-13)15(19)5-4-14-6-8-16-17(14)2/h3,6-8,10,12H,1,4-5,9,11H2,2H3. The van der Waals surface area contributed by atoms with Crippen LogP contribution in [-0.4, -0.2) is 27.1 Å². The minimum atomic E-state index is 0.150. The summed E-state index contributed by atoms with van der Waals surface area (Å²) in [6.07, 6.45) is 4.74. The topological polar surface area (TPSA) is 38.1 Å². The largest absolute Gasteiger partial charge is 0.335 e. The van der Waals surface area contributed by atoms with Crippen LogP contribution in [-0.2, 0) is 24.8 Å². The van der Waals surface area contributed by atoms with Gasteiger partial charge in [0.2, 0.25) is 5.91 Å². The van der Waals surface area contributed by atoms with Crippen LogP contribution in [0.5, 0.6) is 0 Å². The molecule has 106 valence electrons. The molecule has 0 aliphatic carbocycles. The van der Waals surface area contributed by atoms with E-state index in [0.717, 1.165) is 5.69 Å². The number of hydrogen-bond donors (Lipinski definition) is 0. The molecule has 2 heterocycles. The van der Waals surface area contributed by atoms with Crippen molar-refractivity contribution < 1.29 is 4.79 Å². The molecule has 2 aromatic heterocycles. The molecule has 0 bridgehead atoms. The van der Waals surface area contributed by atoms with Gasteiger partial charge in [-0.05, 0) is 34.9 Å². The van der Waals surface area contributed by atoms with Crippen LogP contribution >= 0.6 is 11.3 Å². The summed E-state index contributed by atoms with van der Waals surface area (Å²) in [5.74, 6) is 0.150. The lowest BCUT2D eigenvalue weighted by Gasteiger charge is -2.20. The summed E-state index contributed by atoms with van der Waals surface area (Å²) in [5, 5.41) is 8.22. The van der Waals surface area contributed by atoms with E-state index in [1.807, 2.05) is 28.1 Å². The number of amides is 1. The maximum absolute atomic E-state index is 12.3. The van der Waals surface area contributed by atoms with E-state index in [4.69, 9.17) is 0 Å². The molecule has 0 unspecified atom stereocenters. The Labute approximate surface area is 123 Å². The first kappa shape index (κ1) is 14.5. The average Bonchev–Trinajstić information content (AvgIpc) is 3.07. The number of rotatable bonds is 7. The number of aryl methyl sites for hydroxylation is 2.